The molecule has 3 aromatic rings. The molecule has 0 unspecified atom stereocenters. The first-order valence-electron chi connectivity index (χ1n) is 13.2. The molecule has 2 aliphatic heterocycles. The maximum atomic E-state index is 13.7. The van der Waals surface area contributed by atoms with E-state index in [1.165, 1.54) is 11.1 Å². The van der Waals surface area contributed by atoms with Crippen LogP contribution in [0.3, 0.4) is 0 Å². The summed E-state index contributed by atoms with van der Waals surface area (Å²) in [5.41, 5.74) is 2.79. The molecule has 2 saturated heterocycles. The largest absolute Gasteiger partial charge is 0.290 e. The first-order chi connectivity index (χ1) is 17.6. The van der Waals surface area contributed by atoms with Gasteiger partial charge in [0.25, 0.3) is 0 Å². The van der Waals surface area contributed by atoms with Gasteiger partial charge < -0.3 is 0 Å². The Morgan fingerprint density at radius 3 is 1.33 bits per heavy atom. The minimum absolute atomic E-state index is 0.378. The van der Waals surface area contributed by atoms with Gasteiger partial charge in [-0.15, -0.1) is 0 Å². The molecule has 2 fully saturated rings. The highest BCUT2D eigenvalue weighted by atomic mass is 32.2. The molecule has 6 heteroatoms. The molecule has 0 N–H and O–H groups in total. The Kier molecular flexibility index (Phi) is 8.17. The second-order valence-electron chi connectivity index (χ2n) is 10.2. The van der Waals surface area contributed by atoms with Gasteiger partial charge in [-0.1, -0.05) is 78.9 Å². The maximum absolute atomic E-state index is 13.7. The number of nitrogens with zero attached hydrogens (tertiary/aromatic N) is 3. The van der Waals surface area contributed by atoms with Gasteiger partial charge in [-0.25, -0.2) is 8.42 Å². The summed E-state index contributed by atoms with van der Waals surface area (Å²) in [6.07, 6.45) is 4.24. The van der Waals surface area contributed by atoms with Crippen molar-refractivity contribution < 1.29 is 8.42 Å². The van der Waals surface area contributed by atoms with Crippen LogP contribution in [0.4, 0.5) is 0 Å². The topological polar surface area (TPSA) is 43.9 Å². The lowest BCUT2D eigenvalue weighted by Gasteiger charge is -2.39. The zero-order valence-corrected chi connectivity index (χ0v) is 21.8. The van der Waals surface area contributed by atoms with E-state index in [2.05, 4.69) is 70.5 Å². The van der Waals surface area contributed by atoms with Gasteiger partial charge in [0.1, 0.15) is 0 Å². The Morgan fingerprint density at radius 1 is 0.583 bits per heavy atom. The van der Waals surface area contributed by atoms with E-state index >= 15 is 0 Å². The van der Waals surface area contributed by atoms with Gasteiger partial charge in [-0.3, -0.25) is 9.80 Å². The number of likely N-dealkylation sites (tertiary alicyclic amines) is 2. The predicted molar refractivity (Wildman–Crippen MR) is 145 cm³/mol. The third kappa shape index (κ3) is 6.06. The van der Waals surface area contributed by atoms with Crippen LogP contribution >= 0.6 is 0 Å². The van der Waals surface area contributed by atoms with Crippen molar-refractivity contribution in [2.45, 2.75) is 42.4 Å². The molecule has 0 aliphatic carbocycles. The first kappa shape index (κ1) is 25.2. The van der Waals surface area contributed by atoms with Gasteiger partial charge >= 0.3 is 0 Å². The molecule has 0 amide bonds. The lowest BCUT2D eigenvalue weighted by atomic mass is 9.89. The number of hydrogen-bond donors (Lipinski definition) is 0. The van der Waals surface area contributed by atoms with E-state index in [1.807, 2.05) is 18.2 Å². The molecule has 0 saturated carbocycles. The summed E-state index contributed by atoms with van der Waals surface area (Å²) in [6.45, 7) is 4.54. The van der Waals surface area contributed by atoms with Gasteiger partial charge in [0.15, 0.2) is 0 Å². The lowest BCUT2D eigenvalue weighted by Crippen LogP contribution is -2.50. The minimum Gasteiger partial charge on any atom is -0.290 e. The summed E-state index contributed by atoms with van der Waals surface area (Å²) in [6, 6.07) is 30.3. The van der Waals surface area contributed by atoms with E-state index in [0.717, 1.165) is 51.9 Å². The van der Waals surface area contributed by atoms with Crippen molar-refractivity contribution in [2.24, 2.45) is 0 Å². The fraction of sp³-hybridized carbons (Fsp3) is 0.400. The Morgan fingerprint density at radius 2 is 0.944 bits per heavy atom. The van der Waals surface area contributed by atoms with Crippen LogP contribution in [0.2, 0.25) is 0 Å². The van der Waals surface area contributed by atoms with Gasteiger partial charge in [0.2, 0.25) is 10.0 Å². The Hall–Kier alpha value is -2.51. The predicted octanol–water partition coefficient (Wildman–Crippen LogP) is 5.35. The standard InChI is InChI=1S/C30H37N3O2S/c34-36(35,30-14-8-3-9-15-30)33(24-31-20-16-28(17-21-31)26-10-4-1-5-11-26)25-32-22-18-29(19-23-32)27-12-6-2-7-13-27/h1-15,28-29H,16-25H2. The first-order valence-corrected chi connectivity index (χ1v) is 14.6. The molecule has 0 aromatic heterocycles. The van der Waals surface area contributed by atoms with Crippen LogP contribution < -0.4 is 0 Å². The molecule has 5 nitrogen and oxygen atoms in total. The zero-order valence-electron chi connectivity index (χ0n) is 21.0. The maximum Gasteiger partial charge on any atom is 0.245 e. The van der Waals surface area contributed by atoms with Crippen molar-refractivity contribution in [2.75, 3.05) is 39.5 Å². The summed E-state index contributed by atoms with van der Waals surface area (Å²) in [4.78, 5) is 5.01. The highest BCUT2D eigenvalue weighted by Gasteiger charge is 2.31. The average Bonchev–Trinajstić information content (AvgIpc) is 2.95. The van der Waals surface area contributed by atoms with E-state index in [-0.39, 0.29) is 0 Å². The Bertz CT molecular complexity index is 1110. The summed E-state index contributed by atoms with van der Waals surface area (Å²) in [7, 11) is -3.58. The number of hydrogen-bond acceptors (Lipinski definition) is 4. The van der Waals surface area contributed by atoms with E-state index in [9.17, 15) is 8.42 Å². The minimum atomic E-state index is -3.58. The Labute approximate surface area is 216 Å². The van der Waals surface area contributed by atoms with Crippen LogP contribution in [0.1, 0.15) is 48.6 Å². The summed E-state index contributed by atoms with van der Waals surface area (Å²) in [5.74, 6) is 1.11. The smallest absolute Gasteiger partial charge is 0.245 e. The monoisotopic (exact) mass is 503 g/mol. The molecular formula is C30H37N3O2S. The number of piperidine rings is 2. The van der Waals surface area contributed by atoms with Crippen molar-refractivity contribution in [3.05, 3.63) is 102 Å². The number of rotatable bonds is 8. The second kappa shape index (κ2) is 11.7. The van der Waals surface area contributed by atoms with E-state index in [0.29, 0.717) is 30.1 Å². The van der Waals surface area contributed by atoms with Crippen LogP contribution in [0.5, 0.6) is 0 Å². The van der Waals surface area contributed by atoms with Crippen LogP contribution in [0.25, 0.3) is 0 Å². The average molecular weight is 504 g/mol. The molecule has 0 atom stereocenters. The Balaban J connectivity index is 1.25. The van der Waals surface area contributed by atoms with Crippen molar-refractivity contribution in [1.82, 2.24) is 14.1 Å². The third-order valence-electron chi connectivity index (χ3n) is 7.81. The van der Waals surface area contributed by atoms with Gasteiger partial charge in [0.05, 0.1) is 18.2 Å². The number of sulfonamides is 1. The molecule has 2 heterocycles. The third-order valence-corrected chi connectivity index (χ3v) is 9.59. The highest BCUT2D eigenvalue weighted by Crippen LogP contribution is 2.30. The van der Waals surface area contributed by atoms with Crippen LogP contribution in [-0.4, -0.2) is 62.0 Å². The normalized spacial score (nSPS) is 19.0. The van der Waals surface area contributed by atoms with E-state index < -0.39 is 10.0 Å². The van der Waals surface area contributed by atoms with Crippen LogP contribution in [0.15, 0.2) is 95.9 Å². The van der Waals surface area contributed by atoms with Crippen molar-refractivity contribution >= 4 is 10.0 Å². The molecule has 5 rings (SSSR count). The van der Waals surface area contributed by atoms with Gasteiger partial charge in [-0.2, -0.15) is 4.31 Å². The van der Waals surface area contributed by atoms with Crippen LogP contribution in [-0.2, 0) is 10.0 Å². The molecule has 0 radical (unpaired) electrons. The quantitative estimate of drug-likeness (QED) is 0.416. The SMILES string of the molecule is O=S(=O)(c1ccccc1)N(CN1CCC(c2ccccc2)CC1)CN1CCC(c2ccccc2)CC1. The fourth-order valence-electron chi connectivity index (χ4n) is 5.65. The molecule has 3 aromatic carbocycles. The summed E-state index contributed by atoms with van der Waals surface area (Å²) < 4.78 is 29.2. The number of benzene rings is 3. The summed E-state index contributed by atoms with van der Waals surface area (Å²) in [5, 5.41) is 0. The van der Waals surface area contributed by atoms with Gasteiger partial charge in [0, 0.05) is 0 Å². The zero-order chi connectivity index (χ0) is 24.8. The molecule has 2 aliphatic rings. The molecular weight excluding hydrogens is 466 g/mol. The molecule has 36 heavy (non-hydrogen) atoms. The van der Waals surface area contributed by atoms with Crippen molar-refractivity contribution in [1.29, 1.82) is 0 Å². The highest BCUT2D eigenvalue weighted by molar-refractivity contribution is 7.89. The van der Waals surface area contributed by atoms with Crippen LogP contribution in [0, 0.1) is 0 Å². The molecule has 0 bridgehead atoms. The van der Waals surface area contributed by atoms with E-state index in [1.54, 1.807) is 16.4 Å². The molecule has 190 valence electrons. The van der Waals surface area contributed by atoms with Crippen molar-refractivity contribution in [3.8, 4) is 0 Å². The molecule has 0 spiro atoms. The van der Waals surface area contributed by atoms with E-state index in [4.69, 9.17) is 0 Å². The van der Waals surface area contributed by atoms with Crippen molar-refractivity contribution in [3.63, 3.8) is 0 Å². The lowest BCUT2D eigenvalue weighted by molar-refractivity contribution is 0.0984. The summed E-state index contributed by atoms with van der Waals surface area (Å²) >= 11 is 0. The fourth-order valence-corrected chi connectivity index (χ4v) is 7.08. The second-order valence-corrected chi connectivity index (χ2v) is 12.1. The van der Waals surface area contributed by atoms with Gasteiger partial charge in [-0.05, 0) is 87.0 Å².